The minimum Gasteiger partial charge on any atom is -0.310 e. The molecule has 0 aliphatic carbocycles. The number of rotatable bonds is 2. The lowest BCUT2D eigenvalue weighted by atomic mass is 9.73. The molecule has 1 aromatic heterocycles. The van der Waals surface area contributed by atoms with Crippen LogP contribution in [0.4, 0.5) is 17.1 Å². The number of carbonyl (C=O) groups excluding carboxylic acids is 1. The van der Waals surface area contributed by atoms with Gasteiger partial charge in [-0.05, 0) is 48.2 Å². The average molecular weight is 384 g/mol. The molecule has 3 heteroatoms. The molecule has 2 nitrogen and oxygen atoms in total. The first-order chi connectivity index (χ1) is 13.5. The molecular formula is C25H21NOS. The Morgan fingerprint density at radius 3 is 2.36 bits per heavy atom. The molecule has 0 atom stereocenters. The summed E-state index contributed by atoms with van der Waals surface area (Å²) in [6.45, 7) is 6.23. The maximum absolute atomic E-state index is 12.0. The minimum atomic E-state index is -0.157. The molecule has 1 aliphatic rings. The van der Waals surface area contributed by atoms with E-state index in [0.29, 0.717) is 0 Å². The van der Waals surface area contributed by atoms with Crippen LogP contribution in [0.25, 0.3) is 10.1 Å². The molecule has 0 saturated carbocycles. The summed E-state index contributed by atoms with van der Waals surface area (Å²) in [6.07, 6.45) is 0. The van der Waals surface area contributed by atoms with Crippen molar-refractivity contribution in [2.75, 3.05) is 4.90 Å². The van der Waals surface area contributed by atoms with Crippen LogP contribution < -0.4 is 4.90 Å². The molecule has 1 aliphatic heterocycles. The molecule has 0 saturated heterocycles. The molecule has 0 bridgehead atoms. The zero-order chi connectivity index (χ0) is 19.5. The van der Waals surface area contributed by atoms with E-state index in [0.717, 1.165) is 16.0 Å². The Morgan fingerprint density at radius 1 is 0.893 bits per heavy atom. The van der Waals surface area contributed by atoms with E-state index in [4.69, 9.17) is 0 Å². The molecule has 0 radical (unpaired) electrons. The zero-order valence-corrected chi connectivity index (χ0v) is 17.0. The van der Waals surface area contributed by atoms with E-state index in [1.807, 2.05) is 12.1 Å². The summed E-state index contributed by atoms with van der Waals surface area (Å²) in [5, 5.41) is 1.15. The molecule has 4 aromatic rings. The van der Waals surface area contributed by atoms with E-state index in [-0.39, 0.29) is 11.2 Å². The van der Waals surface area contributed by atoms with Gasteiger partial charge < -0.3 is 4.90 Å². The molecule has 0 N–H and O–H groups in total. The number of nitrogens with zero attached hydrogens (tertiary/aromatic N) is 1. The summed E-state index contributed by atoms with van der Waals surface area (Å²) < 4.78 is 1.21. The molecule has 138 valence electrons. The van der Waals surface area contributed by atoms with Crippen LogP contribution in [0.3, 0.4) is 0 Å². The Morgan fingerprint density at radius 2 is 1.61 bits per heavy atom. The zero-order valence-electron chi connectivity index (χ0n) is 16.2. The number of fused-ring (bicyclic) bond motifs is 4. The van der Waals surface area contributed by atoms with Gasteiger partial charge in [-0.15, -0.1) is 11.3 Å². The van der Waals surface area contributed by atoms with E-state index >= 15 is 0 Å². The Labute approximate surface area is 169 Å². The van der Waals surface area contributed by atoms with Gasteiger partial charge in [-0.1, -0.05) is 56.3 Å². The maximum atomic E-state index is 12.0. The highest BCUT2D eigenvalue weighted by Gasteiger charge is 2.38. The lowest BCUT2D eigenvalue weighted by molar-refractivity contribution is 0.102. The lowest BCUT2D eigenvalue weighted by Gasteiger charge is -2.42. The van der Waals surface area contributed by atoms with Crippen LogP contribution in [0.1, 0.15) is 41.6 Å². The maximum Gasteiger partial charge on any atom is 0.169 e. The van der Waals surface area contributed by atoms with Crippen LogP contribution in [-0.2, 0) is 5.41 Å². The first kappa shape index (κ1) is 17.2. The Balaban J connectivity index is 1.89. The minimum absolute atomic E-state index is 0.129. The normalized spacial score (nSPS) is 14.6. The van der Waals surface area contributed by atoms with Crippen molar-refractivity contribution < 1.29 is 4.79 Å². The fraction of sp³-hybridized carbons (Fsp3) is 0.160. The molecule has 2 heterocycles. The van der Waals surface area contributed by atoms with Gasteiger partial charge >= 0.3 is 0 Å². The van der Waals surface area contributed by atoms with Gasteiger partial charge in [0.25, 0.3) is 0 Å². The SMILES string of the molecule is CC(=O)c1cc2ccc3c(c2s1)C(C)(C)c1ccccc1N3c1ccccc1. The molecule has 0 unspecified atom stereocenters. The first-order valence-electron chi connectivity index (χ1n) is 9.51. The van der Waals surface area contributed by atoms with Gasteiger partial charge in [0.05, 0.1) is 16.3 Å². The van der Waals surface area contributed by atoms with Gasteiger partial charge in [0, 0.05) is 21.4 Å². The molecule has 0 amide bonds. The Bertz CT molecular complexity index is 1220. The van der Waals surface area contributed by atoms with Crippen molar-refractivity contribution in [2.45, 2.75) is 26.2 Å². The number of anilines is 3. The van der Waals surface area contributed by atoms with Crippen molar-refractivity contribution in [3.63, 3.8) is 0 Å². The monoisotopic (exact) mass is 383 g/mol. The summed E-state index contributed by atoms with van der Waals surface area (Å²) in [6, 6.07) is 25.5. The third kappa shape index (κ3) is 2.36. The molecule has 3 aromatic carbocycles. The van der Waals surface area contributed by atoms with Gasteiger partial charge in [-0.25, -0.2) is 0 Å². The van der Waals surface area contributed by atoms with E-state index in [1.54, 1.807) is 18.3 Å². The Kier molecular flexibility index (Phi) is 3.72. The largest absolute Gasteiger partial charge is 0.310 e. The fourth-order valence-corrected chi connectivity index (χ4v) is 5.63. The van der Waals surface area contributed by atoms with Crippen LogP contribution in [0, 0.1) is 0 Å². The first-order valence-corrected chi connectivity index (χ1v) is 10.3. The van der Waals surface area contributed by atoms with E-state index < -0.39 is 0 Å². The summed E-state index contributed by atoms with van der Waals surface area (Å²) in [7, 11) is 0. The summed E-state index contributed by atoms with van der Waals surface area (Å²) in [5.74, 6) is 0.129. The van der Waals surface area contributed by atoms with Gasteiger partial charge in [0.2, 0.25) is 0 Å². The molecule has 0 spiro atoms. The molecule has 5 rings (SSSR count). The van der Waals surface area contributed by atoms with Gasteiger partial charge in [-0.2, -0.15) is 0 Å². The molecule has 28 heavy (non-hydrogen) atoms. The van der Waals surface area contributed by atoms with E-state index in [1.165, 1.54) is 27.2 Å². The number of hydrogen-bond acceptors (Lipinski definition) is 3. The lowest BCUT2D eigenvalue weighted by Crippen LogP contribution is -2.30. The van der Waals surface area contributed by atoms with Gasteiger partial charge in [-0.3, -0.25) is 4.79 Å². The summed E-state index contributed by atoms with van der Waals surface area (Å²) in [4.78, 5) is 15.2. The number of ketones is 1. The quantitative estimate of drug-likeness (QED) is 0.341. The van der Waals surface area contributed by atoms with Crippen LogP contribution in [0.15, 0.2) is 72.8 Å². The number of hydrogen-bond donors (Lipinski definition) is 0. The second-order valence-electron chi connectivity index (χ2n) is 7.86. The van der Waals surface area contributed by atoms with Crippen LogP contribution in [0.5, 0.6) is 0 Å². The number of para-hydroxylation sites is 2. The Hall–Kier alpha value is -2.91. The van der Waals surface area contributed by atoms with Crippen molar-refractivity contribution in [3.8, 4) is 0 Å². The highest BCUT2D eigenvalue weighted by Crippen LogP contribution is 2.54. The van der Waals surface area contributed by atoms with Crippen molar-refractivity contribution in [3.05, 3.63) is 88.8 Å². The smallest absolute Gasteiger partial charge is 0.169 e. The van der Waals surface area contributed by atoms with E-state index in [2.05, 4.69) is 79.4 Å². The second-order valence-corrected chi connectivity index (χ2v) is 8.91. The number of benzene rings is 3. The number of Topliss-reactive ketones (excluding diaryl/α,β-unsaturated/α-hetero) is 1. The third-order valence-corrected chi connectivity index (χ3v) is 6.98. The fourth-order valence-electron chi connectivity index (χ4n) is 4.37. The van der Waals surface area contributed by atoms with Crippen LogP contribution >= 0.6 is 11.3 Å². The summed E-state index contributed by atoms with van der Waals surface area (Å²) >= 11 is 1.62. The van der Waals surface area contributed by atoms with Crippen molar-refractivity contribution in [2.24, 2.45) is 0 Å². The van der Waals surface area contributed by atoms with Crippen LogP contribution in [0.2, 0.25) is 0 Å². The van der Waals surface area contributed by atoms with Gasteiger partial charge in [0.1, 0.15) is 0 Å². The highest BCUT2D eigenvalue weighted by atomic mass is 32.1. The van der Waals surface area contributed by atoms with Gasteiger partial charge in [0.15, 0.2) is 5.78 Å². The predicted octanol–water partition coefficient (Wildman–Crippen LogP) is 7.21. The highest BCUT2D eigenvalue weighted by molar-refractivity contribution is 7.21. The van der Waals surface area contributed by atoms with Crippen molar-refractivity contribution >= 4 is 44.3 Å². The summed E-state index contributed by atoms with van der Waals surface area (Å²) in [5.41, 5.74) is 6.00. The topological polar surface area (TPSA) is 20.3 Å². The van der Waals surface area contributed by atoms with Crippen molar-refractivity contribution in [1.82, 2.24) is 0 Å². The number of carbonyl (C=O) groups is 1. The second kappa shape index (κ2) is 6.05. The van der Waals surface area contributed by atoms with Crippen LogP contribution in [-0.4, -0.2) is 5.78 Å². The van der Waals surface area contributed by atoms with E-state index in [9.17, 15) is 4.79 Å². The standard InChI is InChI=1S/C25H21NOS/c1-16(27)22-15-17-13-14-21-23(24(17)28-22)25(2,3)19-11-7-8-12-20(19)26(21)18-9-5-4-6-10-18/h4-15H,1-3H3. The number of thiophene rings is 1. The molecular weight excluding hydrogens is 362 g/mol. The van der Waals surface area contributed by atoms with Crippen molar-refractivity contribution in [1.29, 1.82) is 0 Å². The average Bonchev–Trinajstić information content (AvgIpc) is 3.13. The predicted molar refractivity (Wildman–Crippen MR) is 119 cm³/mol. The third-order valence-electron chi connectivity index (χ3n) is 5.71. The molecule has 0 fully saturated rings.